The summed E-state index contributed by atoms with van der Waals surface area (Å²) in [5.74, 6) is 0.504. The Hall–Kier alpha value is -1.80. The highest BCUT2D eigenvalue weighted by Gasteiger charge is 2.53. The Bertz CT molecular complexity index is 799. The lowest BCUT2D eigenvalue weighted by molar-refractivity contribution is 0.00578. The van der Waals surface area contributed by atoms with Crippen molar-refractivity contribution in [3.63, 3.8) is 0 Å². The van der Waals surface area contributed by atoms with Crippen molar-refractivity contribution < 1.29 is 28.0 Å². The number of amides is 1. The molecule has 0 bridgehead atoms. The fourth-order valence-electron chi connectivity index (χ4n) is 3.90. The molecule has 1 amide bonds. The molecule has 2 saturated heterocycles. The molecule has 32 heavy (non-hydrogen) atoms. The Morgan fingerprint density at radius 2 is 1.75 bits per heavy atom. The Kier molecular flexibility index (Phi) is 7.15. The molecule has 0 N–H and O–H groups in total. The highest BCUT2D eigenvalue weighted by atomic mass is 19.1. The average molecular weight is 449 g/mol. The summed E-state index contributed by atoms with van der Waals surface area (Å²) in [5.41, 5.74) is -1.29. The lowest BCUT2D eigenvalue weighted by atomic mass is 9.78. The Balaban J connectivity index is 1.54. The molecular formula is C24H37BFNO5. The van der Waals surface area contributed by atoms with Crippen molar-refractivity contribution in [2.45, 2.75) is 84.5 Å². The monoisotopic (exact) mass is 449 g/mol. The molecule has 0 aromatic heterocycles. The molecule has 178 valence electrons. The molecular weight excluding hydrogens is 412 g/mol. The van der Waals surface area contributed by atoms with Crippen molar-refractivity contribution in [3.8, 4) is 5.75 Å². The van der Waals surface area contributed by atoms with Crippen LogP contribution in [-0.4, -0.2) is 54.6 Å². The molecule has 0 radical (unpaired) electrons. The van der Waals surface area contributed by atoms with Crippen molar-refractivity contribution in [2.75, 3.05) is 19.7 Å². The number of hydrogen-bond donors (Lipinski definition) is 0. The van der Waals surface area contributed by atoms with Crippen molar-refractivity contribution in [2.24, 2.45) is 5.92 Å². The first-order chi connectivity index (χ1) is 14.8. The molecule has 0 spiro atoms. The number of likely N-dealkylation sites (tertiary alicyclic amines) is 1. The van der Waals surface area contributed by atoms with Crippen LogP contribution in [0.1, 0.15) is 67.7 Å². The molecule has 1 aromatic carbocycles. The van der Waals surface area contributed by atoms with Crippen LogP contribution in [-0.2, 0) is 14.0 Å². The van der Waals surface area contributed by atoms with Crippen LogP contribution in [0.25, 0.3) is 0 Å². The van der Waals surface area contributed by atoms with Crippen LogP contribution in [0.15, 0.2) is 18.2 Å². The van der Waals surface area contributed by atoms with E-state index in [4.69, 9.17) is 18.8 Å². The highest BCUT2D eigenvalue weighted by molar-refractivity contribution is 6.63. The Morgan fingerprint density at radius 3 is 2.31 bits per heavy atom. The van der Waals surface area contributed by atoms with Gasteiger partial charge in [-0.15, -0.1) is 0 Å². The van der Waals surface area contributed by atoms with Crippen LogP contribution >= 0.6 is 0 Å². The molecule has 1 aromatic rings. The maximum atomic E-state index is 14.7. The number of nitrogens with zero attached hydrogens (tertiary/aromatic N) is 1. The molecule has 0 atom stereocenters. The van der Waals surface area contributed by atoms with Crippen LogP contribution in [0.4, 0.5) is 9.18 Å². The molecule has 2 aliphatic rings. The molecule has 2 aliphatic heterocycles. The zero-order valence-electron chi connectivity index (χ0n) is 20.5. The number of carbonyl (C=O) groups is 1. The number of hydrogen-bond acceptors (Lipinski definition) is 5. The zero-order chi connectivity index (χ0) is 23.7. The fraction of sp³-hybridized carbons (Fsp3) is 0.708. The van der Waals surface area contributed by atoms with Gasteiger partial charge < -0.3 is 23.7 Å². The second-order valence-electron chi connectivity index (χ2n) is 10.8. The summed E-state index contributed by atoms with van der Waals surface area (Å²) in [4.78, 5) is 14.0. The number of benzene rings is 1. The van der Waals surface area contributed by atoms with Crippen LogP contribution in [0.5, 0.6) is 5.75 Å². The minimum absolute atomic E-state index is 0.251. The van der Waals surface area contributed by atoms with Gasteiger partial charge in [0, 0.05) is 13.1 Å². The summed E-state index contributed by atoms with van der Waals surface area (Å²) in [7, 11) is -0.812. The number of piperidine rings is 1. The van der Waals surface area contributed by atoms with Gasteiger partial charge in [0.25, 0.3) is 0 Å². The topological polar surface area (TPSA) is 57.2 Å². The molecule has 0 unspecified atom stereocenters. The summed E-state index contributed by atoms with van der Waals surface area (Å²) >= 11 is 0. The number of halogens is 1. The van der Waals surface area contributed by atoms with Gasteiger partial charge in [0.1, 0.15) is 17.2 Å². The number of rotatable bonds is 5. The van der Waals surface area contributed by atoms with Gasteiger partial charge in [0.2, 0.25) is 0 Å². The van der Waals surface area contributed by atoms with Crippen LogP contribution in [0.3, 0.4) is 0 Å². The number of carbonyl (C=O) groups excluding carboxylic acids is 1. The van der Waals surface area contributed by atoms with Crippen molar-refractivity contribution >= 4 is 18.7 Å². The first-order valence-corrected chi connectivity index (χ1v) is 11.5. The van der Waals surface area contributed by atoms with E-state index in [0.717, 1.165) is 19.3 Å². The maximum Gasteiger partial charge on any atom is 0.501 e. The first kappa shape index (κ1) is 24.8. The summed E-state index contributed by atoms with van der Waals surface area (Å²) in [6.07, 6.45) is 2.38. The second-order valence-corrected chi connectivity index (χ2v) is 10.8. The summed E-state index contributed by atoms with van der Waals surface area (Å²) < 4.78 is 38.3. The smallest absolute Gasteiger partial charge is 0.494 e. The van der Waals surface area contributed by atoms with E-state index in [1.54, 1.807) is 17.0 Å². The molecule has 8 heteroatoms. The van der Waals surface area contributed by atoms with Crippen LogP contribution < -0.4 is 10.2 Å². The van der Waals surface area contributed by atoms with E-state index in [-0.39, 0.29) is 6.09 Å². The zero-order valence-corrected chi connectivity index (χ0v) is 20.5. The summed E-state index contributed by atoms with van der Waals surface area (Å²) in [5, 5.41) is 0. The van der Waals surface area contributed by atoms with Gasteiger partial charge in [0.05, 0.1) is 23.3 Å². The third-order valence-electron chi connectivity index (χ3n) is 6.55. The number of ether oxygens (including phenoxy) is 2. The van der Waals surface area contributed by atoms with Gasteiger partial charge in [-0.05, 0) is 85.8 Å². The predicted octanol–water partition coefficient (Wildman–Crippen LogP) is 4.54. The van der Waals surface area contributed by atoms with E-state index in [0.29, 0.717) is 36.8 Å². The van der Waals surface area contributed by atoms with E-state index in [1.165, 1.54) is 6.07 Å². The average Bonchev–Trinajstić information content (AvgIpc) is 2.88. The van der Waals surface area contributed by atoms with Gasteiger partial charge in [-0.2, -0.15) is 0 Å². The summed E-state index contributed by atoms with van der Waals surface area (Å²) in [6, 6.07) is 4.80. The fourth-order valence-corrected chi connectivity index (χ4v) is 3.90. The third-order valence-corrected chi connectivity index (χ3v) is 6.55. The second kappa shape index (κ2) is 9.22. The van der Waals surface area contributed by atoms with Gasteiger partial charge in [-0.25, -0.2) is 9.18 Å². The van der Waals surface area contributed by atoms with Crippen molar-refractivity contribution in [1.82, 2.24) is 4.90 Å². The molecule has 0 saturated carbocycles. The maximum absolute atomic E-state index is 14.7. The van der Waals surface area contributed by atoms with Crippen molar-refractivity contribution in [3.05, 3.63) is 24.0 Å². The summed E-state index contributed by atoms with van der Waals surface area (Å²) in [6.45, 7) is 15.2. The molecule has 2 fully saturated rings. The Labute approximate surface area is 191 Å². The first-order valence-electron chi connectivity index (χ1n) is 11.5. The quantitative estimate of drug-likeness (QED) is 0.618. The molecule has 2 heterocycles. The molecule has 0 aliphatic carbocycles. The standard InChI is InChI=1S/C24H37BFNO5/c1-22(2,3)30-21(28)27-14-11-17(12-15-27)13-16-29-19-10-8-9-18(26)20(19)25-31-23(4,5)24(6,7)32-25/h8-10,17H,11-16H2,1-7H3. The largest absolute Gasteiger partial charge is 0.501 e. The van der Waals surface area contributed by atoms with Gasteiger partial charge in [-0.1, -0.05) is 6.07 Å². The van der Waals surface area contributed by atoms with E-state index in [9.17, 15) is 9.18 Å². The highest BCUT2D eigenvalue weighted by Crippen LogP contribution is 2.37. The van der Waals surface area contributed by atoms with Crippen LogP contribution in [0.2, 0.25) is 0 Å². The van der Waals surface area contributed by atoms with Crippen LogP contribution in [0, 0.1) is 11.7 Å². The minimum atomic E-state index is -0.812. The van der Waals surface area contributed by atoms with Gasteiger partial charge in [-0.3, -0.25) is 0 Å². The minimum Gasteiger partial charge on any atom is -0.494 e. The SMILES string of the molecule is CC(C)(C)OC(=O)N1CCC(CCOc2cccc(F)c2B2OC(C)(C)C(C)(C)O2)CC1. The van der Waals surface area contributed by atoms with E-state index >= 15 is 0 Å². The lowest BCUT2D eigenvalue weighted by Crippen LogP contribution is -2.42. The normalized spacial score (nSPS) is 21.0. The van der Waals surface area contributed by atoms with Gasteiger partial charge in [0.15, 0.2) is 0 Å². The Morgan fingerprint density at radius 1 is 1.16 bits per heavy atom. The molecule has 6 nitrogen and oxygen atoms in total. The van der Waals surface area contributed by atoms with E-state index < -0.39 is 29.7 Å². The van der Waals surface area contributed by atoms with Gasteiger partial charge >= 0.3 is 13.2 Å². The third kappa shape index (κ3) is 5.76. The van der Waals surface area contributed by atoms with E-state index in [2.05, 4.69) is 0 Å². The lowest BCUT2D eigenvalue weighted by Gasteiger charge is -2.33. The van der Waals surface area contributed by atoms with E-state index in [1.807, 2.05) is 48.5 Å². The predicted molar refractivity (Wildman–Crippen MR) is 123 cm³/mol. The molecule has 3 rings (SSSR count). The van der Waals surface area contributed by atoms with Crippen molar-refractivity contribution in [1.29, 1.82) is 0 Å².